The zero-order valence-electron chi connectivity index (χ0n) is 18.4. The molecule has 0 amide bonds. The van der Waals surface area contributed by atoms with Gasteiger partial charge in [0.1, 0.15) is 11.4 Å². The molecule has 0 bridgehead atoms. The minimum absolute atomic E-state index is 0.578. The molecular weight excluding hydrogens is 404 g/mol. The molecule has 4 rings (SSSR count). The lowest BCUT2D eigenvalue weighted by Gasteiger charge is -2.17. The van der Waals surface area contributed by atoms with E-state index in [0.717, 1.165) is 28.3 Å². The van der Waals surface area contributed by atoms with Crippen LogP contribution < -0.4 is 10.0 Å². The van der Waals surface area contributed by atoms with Crippen molar-refractivity contribution < 1.29 is 0 Å². The number of hydrogen-bond donors (Lipinski definition) is 2. The molecule has 162 valence electrons. The van der Waals surface area contributed by atoms with Gasteiger partial charge < -0.3 is 9.97 Å². The summed E-state index contributed by atoms with van der Waals surface area (Å²) in [5.41, 5.74) is 4.32. The maximum Gasteiger partial charge on any atom is 0.164 e. The number of anilines is 2. The number of H-pyrrole nitrogens is 2. The lowest BCUT2D eigenvalue weighted by atomic mass is 10.2. The summed E-state index contributed by atoms with van der Waals surface area (Å²) in [6.07, 6.45) is 6.66. The van der Waals surface area contributed by atoms with Crippen LogP contribution >= 0.6 is 0 Å². The predicted molar refractivity (Wildman–Crippen MR) is 126 cm³/mol. The van der Waals surface area contributed by atoms with Crippen LogP contribution in [0.4, 0.5) is 11.6 Å². The second kappa shape index (κ2) is 9.21. The van der Waals surface area contributed by atoms with E-state index in [-0.39, 0.29) is 0 Å². The van der Waals surface area contributed by atoms with Gasteiger partial charge in [-0.3, -0.25) is 10.0 Å². The van der Waals surface area contributed by atoms with Crippen molar-refractivity contribution in [1.82, 2.24) is 29.9 Å². The van der Waals surface area contributed by atoms with Gasteiger partial charge in [0.05, 0.1) is 25.1 Å². The number of aryl methyl sites for hydroxylation is 2. The van der Waals surface area contributed by atoms with Crippen molar-refractivity contribution in [3.05, 3.63) is 71.8 Å². The minimum atomic E-state index is 0.578. The Morgan fingerprint density at radius 1 is 0.781 bits per heavy atom. The van der Waals surface area contributed by atoms with Gasteiger partial charge in [-0.05, 0) is 13.8 Å². The number of benzene rings is 1. The Hall–Kier alpha value is -4.34. The monoisotopic (exact) mass is 428 g/mol. The SMILES string of the molecule is Cc1[nH]cnc1/C=N/N(C)c1cc(N(C)/N=C/c2nc[nH]c2C)nc(-c2ccccc2)n1. The maximum atomic E-state index is 4.71. The molecule has 0 spiro atoms. The molecule has 0 saturated carbocycles. The molecule has 10 nitrogen and oxygen atoms in total. The third-order valence-corrected chi connectivity index (χ3v) is 4.84. The molecule has 0 radical (unpaired) electrons. The summed E-state index contributed by atoms with van der Waals surface area (Å²) in [6.45, 7) is 3.89. The van der Waals surface area contributed by atoms with Crippen LogP contribution in [0.5, 0.6) is 0 Å². The maximum absolute atomic E-state index is 4.71. The van der Waals surface area contributed by atoms with Crippen molar-refractivity contribution in [2.45, 2.75) is 13.8 Å². The molecule has 4 aromatic rings. The highest BCUT2D eigenvalue weighted by Crippen LogP contribution is 2.24. The lowest BCUT2D eigenvalue weighted by Crippen LogP contribution is -2.16. The smallest absolute Gasteiger partial charge is 0.164 e. The molecule has 3 aromatic heterocycles. The van der Waals surface area contributed by atoms with Gasteiger partial charge in [0.2, 0.25) is 0 Å². The van der Waals surface area contributed by atoms with E-state index >= 15 is 0 Å². The van der Waals surface area contributed by atoms with E-state index in [2.05, 4.69) is 30.1 Å². The quantitative estimate of drug-likeness (QED) is 0.345. The number of aromatic amines is 2. The van der Waals surface area contributed by atoms with Gasteiger partial charge in [-0.25, -0.2) is 19.9 Å². The Morgan fingerprint density at radius 3 is 1.72 bits per heavy atom. The van der Waals surface area contributed by atoms with Crippen molar-refractivity contribution >= 4 is 24.1 Å². The Labute approximate surface area is 185 Å². The van der Waals surface area contributed by atoms with Gasteiger partial charge in [0.15, 0.2) is 17.5 Å². The second-order valence-electron chi connectivity index (χ2n) is 7.14. The summed E-state index contributed by atoms with van der Waals surface area (Å²) in [4.78, 5) is 24.0. The summed E-state index contributed by atoms with van der Waals surface area (Å²) in [6, 6.07) is 11.6. The largest absolute Gasteiger partial charge is 0.348 e. The molecule has 0 aliphatic heterocycles. The van der Waals surface area contributed by atoms with Gasteiger partial charge in [0.25, 0.3) is 0 Å². The molecule has 0 aliphatic carbocycles. The van der Waals surface area contributed by atoms with Gasteiger partial charge in [0, 0.05) is 37.1 Å². The summed E-state index contributed by atoms with van der Waals surface area (Å²) < 4.78 is 0. The van der Waals surface area contributed by atoms with Gasteiger partial charge in [-0.15, -0.1) is 0 Å². The molecule has 0 saturated heterocycles. The predicted octanol–water partition coefficient (Wildman–Crippen LogP) is 3.15. The van der Waals surface area contributed by atoms with Crippen LogP contribution in [0.1, 0.15) is 22.8 Å². The molecule has 10 heteroatoms. The zero-order chi connectivity index (χ0) is 22.5. The lowest BCUT2D eigenvalue weighted by molar-refractivity contribution is 0.935. The van der Waals surface area contributed by atoms with E-state index in [0.29, 0.717) is 17.5 Å². The number of imidazole rings is 2. The first kappa shape index (κ1) is 20.9. The molecule has 3 heterocycles. The normalized spacial score (nSPS) is 11.5. The molecule has 2 N–H and O–H groups in total. The Bertz CT molecular complexity index is 1160. The molecule has 0 unspecified atom stereocenters. The fourth-order valence-corrected chi connectivity index (χ4v) is 2.87. The number of hydrogen-bond acceptors (Lipinski definition) is 8. The second-order valence-corrected chi connectivity index (χ2v) is 7.14. The van der Waals surface area contributed by atoms with E-state index in [1.54, 1.807) is 35.1 Å². The van der Waals surface area contributed by atoms with Crippen LogP contribution in [0.3, 0.4) is 0 Å². The molecule has 0 aliphatic rings. The Kier molecular flexibility index (Phi) is 6.02. The molecular formula is C22H24N10. The zero-order valence-corrected chi connectivity index (χ0v) is 18.4. The minimum Gasteiger partial charge on any atom is -0.348 e. The topological polar surface area (TPSA) is 114 Å². The van der Waals surface area contributed by atoms with Crippen molar-refractivity contribution in [3.63, 3.8) is 0 Å². The molecule has 0 atom stereocenters. The third kappa shape index (κ3) is 4.69. The van der Waals surface area contributed by atoms with E-state index in [1.165, 1.54) is 0 Å². The van der Waals surface area contributed by atoms with Gasteiger partial charge >= 0.3 is 0 Å². The van der Waals surface area contributed by atoms with Crippen molar-refractivity contribution in [2.75, 3.05) is 24.1 Å². The number of nitrogens with zero attached hydrogens (tertiary/aromatic N) is 8. The molecule has 1 aromatic carbocycles. The highest BCUT2D eigenvalue weighted by Gasteiger charge is 2.12. The van der Waals surface area contributed by atoms with Crippen molar-refractivity contribution in [1.29, 1.82) is 0 Å². The molecule has 0 fully saturated rings. The van der Waals surface area contributed by atoms with Crippen LogP contribution in [0.2, 0.25) is 0 Å². The van der Waals surface area contributed by atoms with Gasteiger partial charge in [-0.2, -0.15) is 10.2 Å². The first-order chi connectivity index (χ1) is 15.5. The van der Waals surface area contributed by atoms with Gasteiger partial charge in [-0.1, -0.05) is 30.3 Å². The summed E-state index contributed by atoms with van der Waals surface area (Å²) >= 11 is 0. The number of hydrazone groups is 2. The number of rotatable bonds is 7. The van der Waals surface area contributed by atoms with Crippen LogP contribution in [0.15, 0.2) is 59.3 Å². The van der Waals surface area contributed by atoms with Crippen LogP contribution in [0.25, 0.3) is 11.4 Å². The summed E-state index contributed by atoms with van der Waals surface area (Å²) in [7, 11) is 3.66. The third-order valence-electron chi connectivity index (χ3n) is 4.84. The fraction of sp³-hybridized carbons (Fsp3) is 0.182. The average molecular weight is 429 g/mol. The van der Waals surface area contributed by atoms with E-state index in [1.807, 2.05) is 64.3 Å². The van der Waals surface area contributed by atoms with E-state index in [9.17, 15) is 0 Å². The molecule has 32 heavy (non-hydrogen) atoms. The van der Waals surface area contributed by atoms with Crippen LogP contribution in [-0.4, -0.2) is 56.4 Å². The van der Waals surface area contributed by atoms with Crippen LogP contribution in [0, 0.1) is 13.8 Å². The van der Waals surface area contributed by atoms with E-state index in [4.69, 9.17) is 9.97 Å². The Balaban J connectivity index is 1.68. The number of nitrogens with one attached hydrogen (secondary N) is 2. The number of aromatic nitrogens is 6. The first-order valence-electron chi connectivity index (χ1n) is 10.0. The average Bonchev–Trinajstić information content (AvgIpc) is 3.43. The van der Waals surface area contributed by atoms with Crippen LogP contribution in [-0.2, 0) is 0 Å². The van der Waals surface area contributed by atoms with Crippen molar-refractivity contribution in [3.8, 4) is 11.4 Å². The first-order valence-corrected chi connectivity index (χ1v) is 10.0. The summed E-state index contributed by atoms with van der Waals surface area (Å²) in [5, 5.41) is 12.4. The summed E-state index contributed by atoms with van der Waals surface area (Å²) in [5.74, 6) is 1.82. The highest BCUT2D eigenvalue weighted by atomic mass is 15.5. The standard InChI is InChI=1S/C22H24N10/c1-15-18(25-13-23-15)11-27-31(3)20-10-21(30-22(29-20)17-8-6-5-7-9-17)32(4)28-12-19-16(2)24-14-26-19/h5-14H,1-4H3,(H,23,25)(H,24,26)/b27-11+,28-12+. The van der Waals surface area contributed by atoms with Crippen molar-refractivity contribution in [2.24, 2.45) is 10.2 Å². The fourth-order valence-electron chi connectivity index (χ4n) is 2.87. The Morgan fingerprint density at radius 2 is 1.28 bits per heavy atom. The van der Waals surface area contributed by atoms with E-state index < -0.39 is 0 Å². The highest BCUT2D eigenvalue weighted by molar-refractivity contribution is 5.80.